The third kappa shape index (κ3) is 4.23. The quantitative estimate of drug-likeness (QED) is 0.855. The number of hydrogen-bond donors (Lipinski definition) is 2. The highest BCUT2D eigenvalue weighted by molar-refractivity contribution is 6.06. The highest BCUT2D eigenvalue weighted by atomic mass is 16.5. The third-order valence-corrected chi connectivity index (χ3v) is 3.18. The van der Waals surface area contributed by atoms with Gasteiger partial charge in [-0.1, -0.05) is 12.1 Å². The van der Waals surface area contributed by atoms with Crippen LogP contribution in [0.1, 0.15) is 17.3 Å². The van der Waals surface area contributed by atoms with Gasteiger partial charge in [-0.3, -0.25) is 9.59 Å². The zero-order valence-corrected chi connectivity index (χ0v) is 12.9. The second kappa shape index (κ2) is 7.31. The Balaban J connectivity index is 2.06. The molecule has 2 amide bonds. The lowest BCUT2D eigenvalue weighted by Crippen LogP contribution is -2.30. The number of carbonyl (C=O) groups excluding carboxylic acids is 2. The lowest BCUT2D eigenvalue weighted by molar-refractivity contribution is -0.123. The minimum atomic E-state index is -0.718. The van der Waals surface area contributed by atoms with Crippen LogP contribution in [0, 0.1) is 0 Å². The van der Waals surface area contributed by atoms with Gasteiger partial charge in [0.15, 0.2) is 6.10 Å². The Kier molecular flexibility index (Phi) is 5.19. The van der Waals surface area contributed by atoms with Gasteiger partial charge in [0.25, 0.3) is 11.8 Å². The van der Waals surface area contributed by atoms with Crippen LogP contribution in [0.3, 0.4) is 0 Å². The van der Waals surface area contributed by atoms with Crippen molar-refractivity contribution in [1.29, 1.82) is 0 Å². The molecule has 0 radical (unpaired) electrons. The molecule has 0 bridgehead atoms. The summed E-state index contributed by atoms with van der Waals surface area (Å²) in [4.78, 5) is 23.2. The van der Waals surface area contributed by atoms with Crippen LogP contribution in [-0.4, -0.2) is 25.0 Å². The number of para-hydroxylation sites is 1. The molecular formula is C17H18N2O4. The molecule has 2 aromatic carbocycles. The first-order valence-electron chi connectivity index (χ1n) is 7.01. The number of rotatable bonds is 6. The maximum Gasteiger partial charge on any atom is 0.259 e. The van der Waals surface area contributed by atoms with Crippen molar-refractivity contribution in [2.24, 2.45) is 5.73 Å². The molecule has 23 heavy (non-hydrogen) atoms. The Morgan fingerprint density at radius 1 is 1.09 bits per heavy atom. The van der Waals surface area contributed by atoms with E-state index >= 15 is 0 Å². The van der Waals surface area contributed by atoms with Crippen LogP contribution in [-0.2, 0) is 4.79 Å². The monoisotopic (exact) mass is 314 g/mol. The molecular weight excluding hydrogens is 296 g/mol. The van der Waals surface area contributed by atoms with Gasteiger partial charge in [0.2, 0.25) is 0 Å². The van der Waals surface area contributed by atoms with Gasteiger partial charge in [0.1, 0.15) is 11.5 Å². The second-order valence-corrected chi connectivity index (χ2v) is 4.84. The van der Waals surface area contributed by atoms with Crippen molar-refractivity contribution < 1.29 is 19.1 Å². The molecule has 0 fully saturated rings. The van der Waals surface area contributed by atoms with E-state index in [2.05, 4.69) is 5.32 Å². The Morgan fingerprint density at radius 3 is 2.35 bits per heavy atom. The van der Waals surface area contributed by atoms with Crippen LogP contribution in [0.5, 0.6) is 11.5 Å². The molecule has 0 spiro atoms. The number of primary amides is 1. The number of hydrogen-bond acceptors (Lipinski definition) is 4. The van der Waals surface area contributed by atoms with Crippen molar-refractivity contribution >= 4 is 17.5 Å². The highest BCUT2D eigenvalue weighted by Crippen LogP contribution is 2.21. The number of nitrogens with two attached hydrogens (primary N) is 1. The minimum Gasteiger partial charge on any atom is -0.496 e. The number of carbonyl (C=O) groups is 2. The number of nitrogens with one attached hydrogen (secondary N) is 1. The van der Waals surface area contributed by atoms with Crippen molar-refractivity contribution in [1.82, 2.24) is 0 Å². The normalized spacial score (nSPS) is 11.4. The number of anilines is 1. The molecule has 2 aromatic rings. The van der Waals surface area contributed by atoms with Crippen molar-refractivity contribution in [3.63, 3.8) is 0 Å². The minimum absolute atomic E-state index is 0.276. The number of methoxy groups -OCH3 is 1. The molecule has 1 atom stereocenters. The van der Waals surface area contributed by atoms with Gasteiger partial charge in [-0.05, 0) is 43.3 Å². The van der Waals surface area contributed by atoms with E-state index in [1.54, 1.807) is 55.5 Å². The molecule has 6 heteroatoms. The standard InChI is InChI=1S/C17H18N2O4/c1-11(16(18)20)23-13-9-7-12(8-10-13)19-17(21)14-5-3-4-6-15(14)22-2/h3-11H,1-2H3,(H2,18,20)(H,19,21)/t11-/m1/s1. The second-order valence-electron chi connectivity index (χ2n) is 4.84. The summed E-state index contributed by atoms with van der Waals surface area (Å²) in [6.45, 7) is 1.57. The van der Waals surface area contributed by atoms with Crippen LogP contribution in [0.4, 0.5) is 5.69 Å². The summed E-state index contributed by atoms with van der Waals surface area (Å²) in [5.41, 5.74) is 6.18. The Morgan fingerprint density at radius 2 is 1.74 bits per heavy atom. The first kappa shape index (κ1) is 16.4. The number of ether oxygens (including phenoxy) is 2. The van der Waals surface area contributed by atoms with Gasteiger partial charge >= 0.3 is 0 Å². The average molecular weight is 314 g/mol. The first-order chi connectivity index (χ1) is 11.0. The topological polar surface area (TPSA) is 90.7 Å². The molecule has 3 N–H and O–H groups in total. The average Bonchev–Trinajstić information content (AvgIpc) is 2.56. The van der Waals surface area contributed by atoms with Gasteiger partial charge in [-0.25, -0.2) is 0 Å². The fourth-order valence-electron chi connectivity index (χ4n) is 1.91. The van der Waals surface area contributed by atoms with Crippen molar-refractivity contribution in [2.75, 3.05) is 12.4 Å². The van der Waals surface area contributed by atoms with Gasteiger partial charge in [-0.2, -0.15) is 0 Å². The van der Waals surface area contributed by atoms with Crippen molar-refractivity contribution in [3.05, 3.63) is 54.1 Å². The summed E-state index contributed by atoms with van der Waals surface area (Å²) in [6.07, 6.45) is -0.718. The maximum absolute atomic E-state index is 12.3. The van der Waals surface area contributed by atoms with Gasteiger partial charge in [0, 0.05) is 5.69 Å². The lowest BCUT2D eigenvalue weighted by atomic mass is 10.2. The molecule has 2 rings (SSSR count). The molecule has 0 aliphatic heterocycles. The third-order valence-electron chi connectivity index (χ3n) is 3.18. The largest absolute Gasteiger partial charge is 0.496 e. The Bertz CT molecular complexity index is 698. The fourth-order valence-corrected chi connectivity index (χ4v) is 1.91. The zero-order valence-electron chi connectivity index (χ0n) is 12.9. The molecule has 6 nitrogen and oxygen atoms in total. The molecule has 0 saturated heterocycles. The molecule has 0 unspecified atom stereocenters. The lowest BCUT2D eigenvalue weighted by Gasteiger charge is -2.12. The van der Waals surface area contributed by atoms with Crippen molar-refractivity contribution in [2.45, 2.75) is 13.0 Å². The van der Waals surface area contributed by atoms with E-state index in [-0.39, 0.29) is 5.91 Å². The summed E-state index contributed by atoms with van der Waals surface area (Å²) >= 11 is 0. The zero-order chi connectivity index (χ0) is 16.8. The maximum atomic E-state index is 12.3. The van der Waals surface area contributed by atoms with E-state index in [9.17, 15) is 9.59 Å². The van der Waals surface area contributed by atoms with Crippen molar-refractivity contribution in [3.8, 4) is 11.5 Å². The van der Waals surface area contributed by atoms with Gasteiger partial charge in [0.05, 0.1) is 12.7 Å². The van der Waals surface area contributed by atoms with Gasteiger partial charge < -0.3 is 20.5 Å². The molecule has 0 saturated carbocycles. The first-order valence-corrected chi connectivity index (χ1v) is 7.01. The Labute approximate surface area is 134 Å². The fraction of sp³-hybridized carbons (Fsp3) is 0.176. The SMILES string of the molecule is COc1ccccc1C(=O)Nc1ccc(O[C@H](C)C(N)=O)cc1. The predicted octanol–water partition coefficient (Wildman–Crippen LogP) is 2.20. The molecule has 0 aromatic heterocycles. The number of benzene rings is 2. The summed E-state index contributed by atoms with van der Waals surface area (Å²) in [5.74, 6) is 0.173. The summed E-state index contributed by atoms with van der Waals surface area (Å²) < 4.78 is 10.5. The summed E-state index contributed by atoms with van der Waals surface area (Å²) in [7, 11) is 1.51. The molecule has 0 aliphatic rings. The predicted molar refractivity (Wildman–Crippen MR) is 86.7 cm³/mol. The number of amides is 2. The van der Waals surface area contributed by atoms with E-state index in [4.69, 9.17) is 15.2 Å². The van der Waals surface area contributed by atoms with Crippen LogP contribution < -0.4 is 20.5 Å². The highest BCUT2D eigenvalue weighted by Gasteiger charge is 2.12. The van der Waals surface area contributed by atoms with Crippen LogP contribution >= 0.6 is 0 Å². The van der Waals surface area contributed by atoms with E-state index < -0.39 is 12.0 Å². The van der Waals surface area contributed by atoms with E-state index in [1.807, 2.05) is 0 Å². The smallest absolute Gasteiger partial charge is 0.259 e. The van der Waals surface area contributed by atoms with Gasteiger partial charge in [-0.15, -0.1) is 0 Å². The van der Waals surface area contributed by atoms with E-state index in [0.717, 1.165) is 0 Å². The van der Waals surface area contributed by atoms with E-state index in [0.29, 0.717) is 22.7 Å². The molecule has 0 heterocycles. The van der Waals surface area contributed by atoms with Crippen LogP contribution in [0.2, 0.25) is 0 Å². The van der Waals surface area contributed by atoms with E-state index in [1.165, 1.54) is 7.11 Å². The van der Waals surface area contributed by atoms with Crippen LogP contribution in [0.25, 0.3) is 0 Å². The Hall–Kier alpha value is -3.02. The molecule has 0 aliphatic carbocycles. The van der Waals surface area contributed by atoms with Crippen LogP contribution in [0.15, 0.2) is 48.5 Å². The summed E-state index contributed by atoms with van der Waals surface area (Å²) in [5, 5.41) is 2.77. The summed E-state index contributed by atoms with van der Waals surface area (Å²) in [6, 6.07) is 13.6. The molecule has 120 valence electrons.